The lowest BCUT2D eigenvalue weighted by Crippen LogP contribution is -2.31. The van der Waals surface area contributed by atoms with Crippen LogP contribution in [0.15, 0.2) is 18.2 Å². The maximum absolute atomic E-state index is 12.4. The second kappa shape index (κ2) is 6.45. The summed E-state index contributed by atoms with van der Waals surface area (Å²) in [5, 5.41) is 0. The number of rotatable bonds is 7. The summed E-state index contributed by atoms with van der Waals surface area (Å²) < 4.78 is 51.9. The van der Waals surface area contributed by atoms with Crippen LogP contribution in [0.3, 0.4) is 0 Å². The Kier molecular flexibility index (Phi) is 5.01. The molecule has 0 saturated carbocycles. The van der Waals surface area contributed by atoms with Crippen molar-refractivity contribution in [1.82, 2.24) is 0 Å². The lowest BCUT2D eigenvalue weighted by atomic mass is 10.1. The van der Waals surface area contributed by atoms with Crippen molar-refractivity contribution in [3.63, 3.8) is 0 Å². The molecule has 8 heteroatoms. The second-order valence-corrected chi connectivity index (χ2v) is 9.36. The Morgan fingerprint density at radius 3 is 2.55 bits per heavy atom. The number of unbranched alkanes of at least 4 members (excludes halogenated alkanes) is 1. The number of nitrogens with one attached hydrogen (secondary N) is 1. The largest absolute Gasteiger partial charge is 0.283 e. The summed E-state index contributed by atoms with van der Waals surface area (Å²) in [6.45, 7) is 3.92. The molecule has 22 heavy (non-hydrogen) atoms. The molecule has 0 atom stereocenters. The summed E-state index contributed by atoms with van der Waals surface area (Å²) in [5.41, 5.74) is 1.92. The van der Waals surface area contributed by atoms with Crippen molar-refractivity contribution >= 4 is 31.4 Å². The van der Waals surface area contributed by atoms with Gasteiger partial charge >= 0.3 is 0 Å². The van der Waals surface area contributed by atoms with Crippen molar-refractivity contribution in [2.24, 2.45) is 0 Å². The van der Waals surface area contributed by atoms with Gasteiger partial charge in [0.15, 0.2) is 0 Å². The van der Waals surface area contributed by atoms with Gasteiger partial charge in [-0.2, -0.15) is 0 Å². The summed E-state index contributed by atoms with van der Waals surface area (Å²) in [6, 6.07) is 5.07. The Bertz CT molecular complexity index is 742. The summed E-state index contributed by atoms with van der Waals surface area (Å²) in [5.74, 6) is 0.0937. The highest BCUT2D eigenvalue weighted by Gasteiger charge is 2.29. The zero-order chi connectivity index (χ0) is 16.4. The summed E-state index contributed by atoms with van der Waals surface area (Å²) in [4.78, 5) is 0. The van der Waals surface area contributed by atoms with Crippen molar-refractivity contribution in [2.45, 2.75) is 33.1 Å². The topological polar surface area (TPSA) is 83.6 Å². The van der Waals surface area contributed by atoms with Gasteiger partial charge in [-0.3, -0.25) is 9.03 Å². The van der Waals surface area contributed by atoms with Gasteiger partial charge < -0.3 is 0 Å². The van der Waals surface area contributed by atoms with Crippen molar-refractivity contribution < 1.29 is 16.8 Å². The summed E-state index contributed by atoms with van der Waals surface area (Å²) >= 11 is 0. The molecule has 1 aliphatic rings. The van der Waals surface area contributed by atoms with Gasteiger partial charge in [-0.05, 0) is 37.5 Å². The van der Waals surface area contributed by atoms with Crippen LogP contribution in [0.25, 0.3) is 0 Å². The molecular weight excluding hydrogens is 324 g/mol. The normalized spacial score (nSPS) is 14.9. The predicted octanol–water partition coefficient (Wildman–Crippen LogP) is 1.94. The van der Waals surface area contributed by atoms with E-state index in [1.54, 1.807) is 25.1 Å². The Balaban J connectivity index is 2.30. The highest BCUT2D eigenvalue weighted by atomic mass is 32.2. The molecule has 1 aromatic rings. The van der Waals surface area contributed by atoms with E-state index in [1.807, 2.05) is 6.92 Å². The van der Waals surface area contributed by atoms with E-state index in [0.29, 0.717) is 30.8 Å². The minimum Gasteiger partial charge on any atom is -0.283 e. The smallest absolute Gasteiger partial charge is 0.235 e. The van der Waals surface area contributed by atoms with Gasteiger partial charge in [0.2, 0.25) is 20.0 Å². The molecular formula is C14H22N2O4S2. The van der Waals surface area contributed by atoms with Crippen LogP contribution in [0.2, 0.25) is 0 Å². The minimum atomic E-state index is -3.38. The average molecular weight is 346 g/mol. The SMILES string of the molecule is CCCCS(=O)(=O)N1CCc2ccc(NS(=O)(=O)CC)cc21. The van der Waals surface area contributed by atoms with Crippen molar-refractivity contribution in [3.8, 4) is 0 Å². The molecule has 0 aromatic heterocycles. The van der Waals surface area contributed by atoms with E-state index in [9.17, 15) is 16.8 Å². The Morgan fingerprint density at radius 1 is 1.18 bits per heavy atom. The maximum atomic E-state index is 12.4. The molecule has 0 bridgehead atoms. The zero-order valence-corrected chi connectivity index (χ0v) is 14.5. The predicted molar refractivity (Wildman–Crippen MR) is 89.3 cm³/mol. The summed E-state index contributed by atoms with van der Waals surface area (Å²) in [7, 11) is -6.72. The molecule has 0 amide bonds. The van der Waals surface area contributed by atoms with E-state index >= 15 is 0 Å². The van der Waals surface area contributed by atoms with Crippen molar-refractivity contribution in [3.05, 3.63) is 23.8 Å². The quantitative estimate of drug-likeness (QED) is 0.818. The molecule has 1 aromatic carbocycles. The molecule has 0 unspecified atom stereocenters. The highest BCUT2D eigenvalue weighted by Crippen LogP contribution is 2.33. The number of hydrogen-bond donors (Lipinski definition) is 1. The summed E-state index contributed by atoms with van der Waals surface area (Å²) in [6.07, 6.45) is 2.09. The molecule has 1 heterocycles. The van der Waals surface area contributed by atoms with Crippen LogP contribution in [0, 0.1) is 0 Å². The molecule has 1 N–H and O–H groups in total. The lowest BCUT2D eigenvalue weighted by molar-refractivity contribution is 0.589. The monoisotopic (exact) mass is 346 g/mol. The lowest BCUT2D eigenvalue weighted by Gasteiger charge is -2.20. The van der Waals surface area contributed by atoms with Gasteiger partial charge in [-0.1, -0.05) is 19.4 Å². The molecule has 124 valence electrons. The molecule has 6 nitrogen and oxygen atoms in total. The first-order chi connectivity index (χ1) is 10.3. The molecule has 2 rings (SSSR count). The van der Waals surface area contributed by atoms with Crippen LogP contribution in [0.1, 0.15) is 32.3 Å². The van der Waals surface area contributed by atoms with Crippen LogP contribution in [-0.4, -0.2) is 34.9 Å². The molecule has 0 fully saturated rings. The van der Waals surface area contributed by atoms with Gasteiger partial charge in [0.1, 0.15) is 0 Å². The van der Waals surface area contributed by atoms with E-state index in [0.717, 1.165) is 12.0 Å². The van der Waals surface area contributed by atoms with E-state index in [-0.39, 0.29) is 11.5 Å². The van der Waals surface area contributed by atoms with Gasteiger partial charge in [-0.15, -0.1) is 0 Å². The number of anilines is 2. The number of nitrogens with zero attached hydrogens (tertiary/aromatic N) is 1. The number of fused-ring (bicyclic) bond motifs is 1. The van der Waals surface area contributed by atoms with Gasteiger partial charge in [-0.25, -0.2) is 16.8 Å². The third-order valence-corrected chi connectivity index (χ3v) is 6.85. The second-order valence-electron chi connectivity index (χ2n) is 5.34. The average Bonchev–Trinajstić information content (AvgIpc) is 2.88. The standard InChI is InChI=1S/C14H22N2O4S2/c1-3-5-10-22(19,20)16-9-8-12-6-7-13(11-14(12)16)15-21(17,18)4-2/h6-7,11,15H,3-5,8-10H2,1-2H3. The molecule has 0 saturated heterocycles. The third-order valence-electron chi connectivity index (χ3n) is 3.68. The van der Waals surface area contributed by atoms with Crippen LogP contribution in [-0.2, 0) is 26.5 Å². The molecule has 0 aliphatic carbocycles. The van der Waals surface area contributed by atoms with Gasteiger partial charge in [0.25, 0.3) is 0 Å². The fraction of sp³-hybridized carbons (Fsp3) is 0.571. The first-order valence-electron chi connectivity index (χ1n) is 7.43. The van der Waals surface area contributed by atoms with Crippen LogP contribution < -0.4 is 9.03 Å². The molecule has 0 spiro atoms. The zero-order valence-electron chi connectivity index (χ0n) is 12.9. The van der Waals surface area contributed by atoms with Crippen LogP contribution in [0.5, 0.6) is 0 Å². The van der Waals surface area contributed by atoms with Crippen molar-refractivity contribution in [1.29, 1.82) is 0 Å². The van der Waals surface area contributed by atoms with Crippen molar-refractivity contribution in [2.75, 3.05) is 27.1 Å². The number of hydrogen-bond acceptors (Lipinski definition) is 4. The minimum absolute atomic E-state index is 0.0252. The Hall–Kier alpha value is -1.28. The van der Waals surface area contributed by atoms with Crippen LogP contribution >= 0.6 is 0 Å². The van der Waals surface area contributed by atoms with Gasteiger partial charge in [0, 0.05) is 6.54 Å². The first-order valence-corrected chi connectivity index (χ1v) is 10.7. The number of benzene rings is 1. The Labute approximate surface area is 132 Å². The van der Waals surface area contributed by atoms with E-state index in [4.69, 9.17) is 0 Å². The maximum Gasteiger partial charge on any atom is 0.235 e. The van der Waals surface area contributed by atoms with E-state index in [2.05, 4.69) is 4.72 Å². The first kappa shape index (κ1) is 17.1. The highest BCUT2D eigenvalue weighted by molar-refractivity contribution is 7.93. The Morgan fingerprint density at radius 2 is 1.91 bits per heavy atom. The molecule has 0 radical (unpaired) electrons. The van der Waals surface area contributed by atoms with E-state index in [1.165, 1.54) is 4.31 Å². The third kappa shape index (κ3) is 3.73. The van der Waals surface area contributed by atoms with Crippen LogP contribution in [0.4, 0.5) is 11.4 Å². The fourth-order valence-corrected chi connectivity index (χ4v) is 4.73. The molecule has 1 aliphatic heterocycles. The van der Waals surface area contributed by atoms with E-state index < -0.39 is 20.0 Å². The number of sulfonamides is 2. The van der Waals surface area contributed by atoms with Gasteiger partial charge in [0.05, 0.1) is 22.9 Å². The fourth-order valence-electron chi connectivity index (χ4n) is 2.39.